The van der Waals surface area contributed by atoms with Crippen LogP contribution in [0.3, 0.4) is 0 Å². The van der Waals surface area contributed by atoms with Crippen LogP contribution in [0.15, 0.2) is 48.5 Å². The molecule has 2 nitrogen and oxygen atoms in total. The van der Waals surface area contributed by atoms with E-state index in [1.165, 1.54) is 6.07 Å². The molecule has 3 heteroatoms. The Bertz CT molecular complexity index is 778. The van der Waals surface area contributed by atoms with Crippen molar-refractivity contribution < 1.29 is 14.3 Å². The summed E-state index contributed by atoms with van der Waals surface area (Å²) in [6.07, 6.45) is 0. The van der Waals surface area contributed by atoms with Gasteiger partial charge in [0, 0.05) is 5.39 Å². The summed E-state index contributed by atoms with van der Waals surface area (Å²) < 4.78 is 13.7. The minimum Gasteiger partial charge on any atom is -0.478 e. The van der Waals surface area contributed by atoms with Gasteiger partial charge in [0.1, 0.15) is 11.4 Å². The van der Waals surface area contributed by atoms with Gasteiger partial charge in [0.2, 0.25) is 0 Å². The van der Waals surface area contributed by atoms with Gasteiger partial charge in [-0.25, -0.2) is 9.18 Å². The lowest BCUT2D eigenvalue weighted by atomic mass is 9.97. The largest absolute Gasteiger partial charge is 0.478 e. The van der Waals surface area contributed by atoms with Gasteiger partial charge in [0.05, 0.1) is 0 Å². The van der Waals surface area contributed by atoms with Gasteiger partial charge in [0.25, 0.3) is 0 Å². The van der Waals surface area contributed by atoms with E-state index >= 15 is 0 Å². The quantitative estimate of drug-likeness (QED) is 0.656. The first-order valence-corrected chi connectivity index (χ1v) is 5.52. The fraction of sp³-hybridized carbons (Fsp3) is 0. The number of carboxylic acid groups (broad SMARTS) is 1. The summed E-state index contributed by atoms with van der Waals surface area (Å²) in [6.45, 7) is 0. The number of halogens is 1. The number of rotatable bonds is 1. The van der Waals surface area contributed by atoms with Crippen molar-refractivity contribution in [3.63, 3.8) is 0 Å². The molecule has 0 spiro atoms. The van der Waals surface area contributed by atoms with Crippen molar-refractivity contribution in [2.24, 2.45) is 0 Å². The van der Waals surface area contributed by atoms with E-state index in [4.69, 9.17) is 0 Å². The first-order chi connectivity index (χ1) is 8.68. The number of aromatic carboxylic acids is 1. The third kappa shape index (κ3) is 1.44. The van der Waals surface area contributed by atoms with Crippen molar-refractivity contribution in [1.82, 2.24) is 0 Å². The molecule has 0 saturated heterocycles. The zero-order valence-corrected chi connectivity index (χ0v) is 9.35. The summed E-state index contributed by atoms with van der Waals surface area (Å²) >= 11 is 0. The van der Waals surface area contributed by atoms with Crippen LogP contribution in [-0.4, -0.2) is 11.1 Å². The summed E-state index contributed by atoms with van der Waals surface area (Å²) in [5, 5.41) is 12.0. The maximum absolute atomic E-state index is 13.7. The molecule has 1 N–H and O–H groups in total. The average Bonchev–Trinajstić information content (AvgIpc) is 2.38. The number of carbonyl (C=O) groups is 1. The number of carboxylic acids is 1. The molecule has 0 radical (unpaired) electrons. The maximum atomic E-state index is 13.7. The Morgan fingerprint density at radius 2 is 1.61 bits per heavy atom. The van der Waals surface area contributed by atoms with Crippen LogP contribution in [0, 0.1) is 5.82 Å². The minimum absolute atomic E-state index is 0.260. The normalized spacial score (nSPS) is 10.9. The Morgan fingerprint density at radius 1 is 0.944 bits per heavy atom. The molecule has 88 valence electrons. The second-order valence-corrected chi connectivity index (χ2v) is 4.11. The summed E-state index contributed by atoms with van der Waals surface area (Å²) in [4.78, 5) is 11.2. The topological polar surface area (TPSA) is 37.3 Å². The smallest absolute Gasteiger partial charge is 0.339 e. The SMILES string of the molecule is O=C(O)c1c(F)ccc2ccc3ccccc3c12. The van der Waals surface area contributed by atoms with E-state index in [9.17, 15) is 14.3 Å². The zero-order valence-electron chi connectivity index (χ0n) is 9.35. The summed E-state index contributed by atoms with van der Waals surface area (Å²) in [5.74, 6) is -1.94. The molecule has 0 unspecified atom stereocenters. The molecule has 18 heavy (non-hydrogen) atoms. The second kappa shape index (κ2) is 3.81. The number of fused-ring (bicyclic) bond motifs is 3. The predicted octanol–water partition coefficient (Wildman–Crippen LogP) is 3.83. The molecule has 0 aliphatic rings. The van der Waals surface area contributed by atoms with Gasteiger partial charge < -0.3 is 5.11 Å². The fourth-order valence-corrected chi connectivity index (χ4v) is 2.28. The Hall–Kier alpha value is -2.42. The number of hydrogen-bond donors (Lipinski definition) is 1. The first-order valence-electron chi connectivity index (χ1n) is 5.52. The highest BCUT2D eigenvalue weighted by molar-refractivity contribution is 6.16. The monoisotopic (exact) mass is 240 g/mol. The number of hydrogen-bond acceptors (Lipinski definition) is 1. The Morgan fingerprint density at radius 3 is 2.39 bits per heavy atom. The maximum Gasteiger partial charge on any atom is 0.339 e. The molecule has 0 heterocycles. The third-order valence-corrected chi connectivity index (χ3v) is 3.07. The van der Waals surface area contributed by atoms with Gasteiger partial charge in [-0.05, 0) is 22.2 Å². The Kier molecular flexibility index (Phi) is 2.27. The molecular formula is C15H9FO2. The fourth-order valence-electron chi connectivity index (χ4n) is 2.28. The van der Waals surface area contributed by atoms with Gasteiger partial charge in [0.15, 0.2) is 0 Å². The molecule has 0 fully saturated rings. The van der Waals surface area contributed by atoms with Crippen molar-refractivity contribution in [1.29, 1.82) is 0 Å². The van der Waals surface area contributed by atoms with Crippen molar-refractivity contribution in [2.45, 2.75) is 0 Å². The zero-order chi connectivity index (χ0) is 12.7. The van der Waals surface area contributed by atoms with Crippen molar-refractivity contribution >= 4 is 27.5 Å². The van der Waals surface area contributed by atoms with Crippen LogP contribution < -0.4 is 0 Å². The highest BCUT2D eigenvalue weighted by Gasteiger charge is 2.16. The highest BCUT2D eigenvalue weighted by atomic mass is 19.1. The molecule has 0 aliphatic carbocycles. The van der Waals surface area contributed by atoms with Crippen LogP contribution in [0.4, 0.5) is 4.39 Å². The molecule has 3 aromatic rings. The third-order valence-electron chi connectivity index (χ3n) is 3.07. The van der Waals surface area contributed by atoms with Gasteiger partial charge in [-0.2, -0.15) is 0 Å². The molecule has 0 amide bonds. The minimum atomic E-state index is -1.24. The predicted molar refractivity (Wildman–Crippen MR) is 68.4 cm³/mol. The molecule has 0 atom stereocenters. The average molecular weight is 240 g/mol. The molecular weight excluding hydrogens is 231 g/mol. The van der Waals surface area contributed by atoms with Crippen molar-refractivity contribution in [2.75, 3.05) is 0 Å². The van der Waals surface area contributed by atoms with Crippen LogP contribution >= 0.6 is 0 Å². The van der Waals surface area contributed by atoms with Gasteiger partial charge >= 0.3 is 5.97 Å². The molecule has 0 saturated carbocycles. The van der Waals surface area contributed by atoms with Crippen molar-refractivity contribution in [3.05, 3.63) is 59.9 Å². The Labute approximate surface area is 102 Å². The van der Waals surface area contributed by atoms with Crippen LogP contribution in [0.2, 0.25) is 0 Å². The Balaban J connectivity index is 2.62. The summed E-state index contributed by atoms with van der Waals surface area (Å²) in [6, 6.07) is 13.9. The van der Waals surface area contributed by atoms with Gasteiger partial charge in [-0.15, -0.1) is 0 Å². The van der Waals surface area contributed by atoms with E-state index in [-0.39, 0.29) is 5.56 Å². The van der Waals surface area contributed by atoms with Crippen molar-refractivity contribution in [3.8, 4) is 0 Å². The number of benzene rings is 3. The standard InChI is InChI=1S/C15H9FO2/c16-12-8-7-10-6-5-9-3-1-2-4-11(9)13(10)14(12)15(17)18/h1-8H,(H,17,18). The van der Waals surface area contributed by atoms with Gasteiger partial charge in [-0.3, -0.25) is 0 Å². The first kappa shape index (κ1) is 10.7. The second-order valence-electron chi connectivity index (χ2n) is 4.11. The van der Waals surface area contributed by atoms with E-state index in [2.05, 4.69) is 0 Å². The highest BCUT2D eigenvalue weighted by Crippen LogP contribution is 2.29. The van der Waals surface area contributed by atoms with Crippen LogP contribution in [-0.2, 0) is 0 Å². The lowest BCUT2D eigenvalue weighted by Gasteiger charge is -2.07. The van der Waals surface area contributed by atoms with E-state index in [1.807, 2.05) is 36.4 Å². The molecule has 0 aromatic heterocycles. The molecule has 3 aromatic carbocycles. The van der Waals surface area contributed by atoms with Crippen LogP contribution in [0.5, 0.6) is 0 Å². The molecule has 3 rings (SSSR count). The van der Waals surface area contributed by atoms with E-state index in [0.717, 1.165) is 16.2 Å². The molecule has 0 bridgehead atoms. The molecule has 0 aliphatic heterocycles. The van der Waals surface area contributed by atoms with Crippen LogP contribution in [0.25, 0.3) is 21.5 Å². The summed E-state index contributed by atoms with van der Waals surface area (Å²) in [5.41, 5.74) is -0.260. The van der Waals surface area contributed by atoms with Crippen LogP contribution in [0.1, 0.15) is 10.4 Å². The van der Waals surface area contributed by atoms with E-state index in [1.54, 1.807) is 6.07 Å². The van der Waals surface area contributed by atoms with E-state index in [0.29, 0.717) is 5.39 Å². The summed E-state index contributed by atoms with van der Waals surface area (Å²) in [7, 11) is 0. The van der Waals surface area contributed by atoms with Gasteiger partial charge in [-0.1, -0.05) is 42.5 Å². The lowest BCUT2D eigenvalue weighted by molar-refractivity contribution is 0.0694. The van der Waals surface area contributed by atoms with E-state index < -0.39 is 11.8 Å². The lowest BCUT2D eigenvalue weighted by Crippen LogP contribution is -2.02.